The second-order valence-corrected chi connectivity index (χ2v) is 7.05. The first-order valence-electron chi connectivity index (χ1n) is 8.84. The van der Waals surface area contributed by atoms with Crippen LogP contribution in [-0.2, 0) is 9.59 Å². The van der Waals surface area contributed by atoms with Crippen LogP contribution in [0.3, 0.4) is 0 Å². The smallest absolute Gasteiger partial charge is 0.325 e. The number of nitrogens with zero attached hydrogens (tertiary/aromatic N) is 3. The molecule has 1 saturated heterocycles. The SMILES string of the molecule is CN1C(=O)N(CC(=O)Nc2ccc3[nH]ncc3c2)C(=O)C12CCCCC2. The molecule has 1 aromatic heterocycles. The molecule has 0 bridgehead atoms. The van der Waals surface area contributed by atoms with Crippen molar-refractivity contribution in [1.29, 1.82) is 0 Å². The number of hydrogen-bond acceptors (Lipinski definition) is 4. The predicted octanol–water partition coefficient (Wildman–Crippen LogP) is 2.10. The molecule has 0 radical (unpaired) electrons. The fourth-order valence-corrected chi connectivity index (χ4v) is 4.04. The molecule has 2 N–H and O–H groups in total. The van der Waals surface area contributed by atoms with Crippen LogP contribution in [0, 0.1) is 0 Å². The maximum Gasteiger partial charge on any atom is 0.327 e. The first-order chi connectivity index (χ1) is 12.5. The molecule has 4 amide bonds. The van der Waals surface area contributed by atoms with Crippen LogP contribution in [-0.4, -0.2) is 57.0 Å². The molecule has 2 aromatic rings. The van der Waals surface area contributed by atoms with Gasteiger partial charge in [-0.2, -0.15) is 5.10 Å². The number of likely N-dealkylation sites (N-methyl/N-ethyl adjacent to an activating group) is 1. The number of rotatable bonds is 3. The van der Waals surface area contributed by atoms with Crippen molar-refractivity contribution >= 4 is 34.4 Å². The van der Waals surface area contributed by atoms with E-state index in [1.54, 1.807) is 25.4 Å². The van der Waals surface area contributed by atoms with E-state index >= 15 is 0 Å². The summed E-state index contributed by atoms with van der Waals surface area (Å²) in [4.78, 5) is 40.5. The fraction of sp³-hybridized carbons (Fsp3) is 0.444. The van der Waals surface area contributed by atoms with Gasteiger partial charge in [0, 0.05) is 18.1 Å². The number of anilines is 1. The van der Waals surface area contributed by atoms with E-state index in [4.69, 9.17) is 0 Å². The van der Waals surface area contributed by atoms with Crippen LogP contribution in [0.2, 0.25) is 0 Å². The number of carbonyl (C=O) groups excluding carboxylic acids is 3. The molecule has 2 fully saturated rings. The fourth-order valence-electron chi connectivity index (χ4n) is 4.04. The number of aromatic amines is 1. The first kappa shape index (κ1) is 16.6. The van der Waals surface area contributed by atoms with E-state index in [-0.39, 0.29) is 12.5 Å². The molecule has 1 aliphatic heterocycles. The van der Waals surface area contributed by atoms with Gasteiger partial charge in [0.25, 0.3) is 5.91 Å². The van der Waals surface area contributed by atoms with E-state index in [0.717, 1.165) is 35.1 Å². The second kappa shape index (κ2) is 6.12. The highest BCUT2D eigenvalue weighted by Crippen LogP contribution is 2.39. The third-order valence-electron chi connectivity index (χ3n) is 5.51. The van der Waals surface area contributed by atoms with Gasteiger partial charge in [0.05, 0.1) is 11.7 Å². The lowest BCUT2D eigenvalue weighted by Gasteiger charge is -2.35. The predicted molar refractivity (Wildman–Crippen MR) is 95.4 cm³/mol. The number of hydrogen-bond donors (Lipinski definition) is 2. The number of aromatic nitrogens is 2. The molecule has 8 heteroatoms. The van der Waals surface area contributed by atoms with E-state index in [1.165, 1.54) is 4.90 Å². The zero-order valence-corrected chi connectivity index (χ0v) is 14.6. The molecule has 2 aliphatic rings. The molecule has 8 nitrogen and oxygen atoms in total. The van der Waals surface area contributed by atoms with Gasteiger partial charge in [-0.15, -0.1) is 0 Å². The monoisotopic (exact) mass is 355 g/mol. The minimum atomic E-state index is -0.759. The van der Waals surface area contributed by atoms with Crippen LogP contribution >= 0.6 is 0 Å². The van der Waals surface area contributed by atoms with Crippen molar-refractivity contribution in [3.8, 4) is 0 Å². The van der Waals surface area contributed by atoms with E-state index < -0.39 is 17.5 Å². The van der Waals surface area contributed by atoms with E-state index in [2.05, 4.69) is 15.5 Å². The summed E-state index contributed by atoms with van der Waals surface area (Å²) in [5.74, 6) is -0.638. The molecule has 136 valence electrons. The first-order valence-corrected chi connectivity index (χ1v) is 8.84. The number of carbonyl (C=O) groups is 3. The molecule has 0 unspecified atom stereocenters. The van der Waals surface area contributed by atoms with Crippen molar-refractivity contribution in [3.63, 3.8) is 0 Å². The van der Waals surface area contributed by atoms with Gasteiger partial charge >= 0.3 is 6.03 Å². The Morgan fingerprint density at radius 2 is 2.04 bits per heavy atom. The topological polar surface area (TPSA) is 98.4 Å². The van der Waals surface area contributed by atoms with Crippen LogP contribution in [0.4, 0.5) is 10.5 Å². The lowest BCUT2D eigenvalue weighted by molar-refractivity contribution is -0.136. The highest BCUT2D eigenvalue weighted by atomic mass is 16.2. The maximum absolute atomic E-state index is 12.9. The average Bonchev–Trinajstić information content (AvgIpc) is 3.17. The summed E-state index contributed by atoms with van der Waals surface area (Å²) >= 11 is 0. The normalized spacial score (nSPS) is 19.6. The molecule has 1 aromatic carbocycles. The van der Waals surface area contributed by atoms with Crippen LogP contribution in [0.25, 0.3) is 10.9 Å². The number of imide groups is 1. The van der Waals surface area contributed by atoms with E-state index in [1.807, 2.05) is 6.07 Å². The molecule has 4 rings (SSSR count). The Morgan fingerprint density at radius 3 is 2.81 bits per heavy atom. The number of amides is 4. The minimum Gasteiger partial charge on any atom is -0.325 e. The van der Waals surface area contributed by atoms with Gasteiger partial charge in [-0.3, -0.25) is 19.6 Å². The summed E-state index contributed by atoms with van der Waals surface area (Å²) in [5, 5.41) is 10.4. The van der Waals surface area contributed by atoms with Crippen molar-refractivity contribution in [3.05, 3.63) is 24.4 Å². The molecule has 0 atom stereocenters. The Balaban J connectivity index is 1.48. The van der Waals surface area contributed by atoms with E-state index in [9.17, 15) is 14.4 Å². The van der Waals surface area contributed by atoms with Crippen LogP contribution in [0.1, 0.15) is 32.1 Å². The van der Waals surface area contributed by atoms with Crippen LogP contribution in [0.5, 0.6) is 0 Å². The molecule has 2 heterocycles. The summed E-state index contributed by atoms with van der Waals surface area (Å²) in [7, 11) is 1.66. The average molecular weight is 355 g/mol. The number of fused-ring (bicyclic) bond motifs is 1. The standard InChI is InChI=1S/C18H21N5O3/c1-22-17(26)23(16(25)18(22)7-3-2-4-8-18)11-15(24)20-13-5-6-14-12(9-13)10-19-21-14/h5-6,9-10H,2-4,7-8,11H2,1H3,(H,19,21)(H,20,24). The zero-order valence-electron chi connectivity index (χ0n) is 14.6. The Kier molecular flexibility index (Phi) is 3.90. The van der Waals surface area contributed by atoms with Crippen LogP contribution in [0.15, 0.2) is 24.4 Å². The molecular formula is C18H21N5O3. The molecule has 1 aliphatic carbocycles. The summed E-state index contributed by atoms with van der Waals surface area (Å²) in [6.07, 6.45) is 5.93. The van der Waals surface area contributed by atoms with Gasteiger partial charge in [-0.25, -0.2) is 4.79 Å². The van der Waals surface area contributed by atoms with Crippen molar-refractivity contribution in [2.75, 3.05) is 18.9 Å². The summed E-state index contributed by atoms with van der Waals surface area (Å²) in [6.45, 7) is -0.271. The van der Waals surface area contributed by atoms with Gasteiger partial charge in [0.15, 0.2) is 0 Å². The van der Waals surface area contributed by atoms with Gasteiger partial charge < -0.3 is 10.2 Å². The highest BCUT2D eigenvalue weighted by Gasteiger charge is 2.55. The number of benzene rings is 1. The zero-order chi connectivity index (χ0) is 18.3. The van der Waals surface area contributed by atoms with Crippen molar-refractivity contribution in [1.82, 2.24) is 20.0 Å². The minimum absolute atomic E-state index is 0.245. The van der Waals surface area contributed by atoms with E-state index in [0.29, 0.717) is 18.5 Å². The molecular weight excluding hydrogens is 334 g/mol. The second-order valence-electron chi connectivity index (χ2n) is 7.05. The third kappa shape index (κ3) is 2.53. The maximum atomic E-state index is 12.9. The summed E-state index contributed by atoms with van der Waals surface area (Å²) < 4.78 is 0. The number of urea groups is 1. The quantitative estimate of drug-likeness (QED) is 0.824. The molecule has 26 heavy (non-hydrogen) atoms. The molecule has 1 spiro atoms. The van der Waals surface area contributed by atoms with Gasteiger partial charge in [0.2, 0.25) is 5.91 Å². The third-order valence-corrected chi connectivity index (χ3v) is 5.51. The van der Waals surface area contributed by atoms with Crippen LogP contribution < -0.4 is 5.32 Å². The summed E-state index contributed by atoms with van der Waals surface area (Å²) in [5.41, 5.74) is 0.711. The van der Waals surface area contributed by atoms with Gasteiger partial charge in [0.1, 0.15) is 12.1 Å². The highest BCUT2D eigenvalue weighted by molar-refractivity contribution is 6.10. The van der Waals surface area contributed by atoms with Crippen molar-refractivity contribution in [2.24, 2.45) is 0 Å². The summed E-state index contributed by atoms with van der Waals surface area (Å²) in [6, 6.07) is 4.96. The molecule has 1 saturated carbocycles. The largest absolute Gasteiger partial charge is 0.327 e. The lowest BCUT2D eigenvalue weighted by atomic mass is 9.81. The lowest BCUT2D eigenvalue weighted by Crippen LogP contribution is -2.49. The number of nitrogens with one attached hydrogen (secondary N) is 2. The Labute approximate surface area is 150 Å². The number of H-pyrrole nitrogens is 1. The van der Waals surface area contributed by atoms with Gasteiger partial charge in [-0.1, -0.05) is 19.3 Å². The van der Waals surface area contributed by atoms with Gasteiger partial charge in [-0.05, 0) is 31.0 Å². The Hall–Kier alpha value is -2.90. The van der Waals surface area contributed by atoms with Crippen molar-refractivity contribution < 1.29 is 14.4 Å². The Bertz CT molecular complexity index is 884. The Morgan fingerprint density at radius 1 is 1.27 bits per heavy atom. The van der Waals surface area contributed by atoms with Crippen molar-refractivity contribution in [2.45, 2.75) is 37.6 Å².